The summed E-state index contributed by atoms with van der Waals surface area (Å²) in [6.45, 7) is 3.74. The molecule has 2 fully saturated rings. The van der Waals surface area contributed by atoms with Gasteiger partial charge in [0.25, 0.3) is 0 Å². The van der Waals surface area contributed by atoms with E-state index >= 15 is 0 Å². The van der Waals surface area contributed by atoms with E-state index in [1.807, 2.05) is 30.3 Å². The molecule has 1 unspecified atom stereocenters. The molecule has 8 nitrogen and oxygen atoms in total. The molecule has 1 N–H and O–H groups in total. The number of methoxy groups -OCH3 is 1. The van der Waals surface area contributed by atoms with Crippen LogP contribution in [-0.2, 0) is 4.74 Å². The molecule has 38 heavy (non-hydrogen) atoms. The van der Waals surface area contributed by atoms with E-state index in [4.69, 9.17) is 9.72 Å². The first kappa shape index (κ1) is 24.6. The minimum atomic E-state index is -1.24. The van der Waals surface area contributed by atoms with Gasteiger partial charge in [-0.3, -0.25) is 4.79 Å². The van der Waals surface area contributed by atoms with Crippen LogP contribution in [0.2, 0.25) is 0 Å². The van der Waals surface area contributed by atoms with Crippen molar-refractivity contribution in [2.24, 2.45) is 0 Å². The number of carboxylic acid groups (broad SMARTS) is 1. The SMILES string of the molecule is COCC1CCCN1c1nc2ccc(-n3cc(C(=O)O)c(=O)cc3-c3ccc(N4CCCC4)cc3)cc2s1. The standard InChI is InChI=1S/C29H30N4O4S/c1-37-18-22-5-4-14-32(22)29-30-24-11-10-21(15-27(24)38-29)33-17-23(28(35)36)26(34)16-25(33)19-6-8-20(9-7-19)31-12-2-3-13-31/h6-11,15-17,22H,2-5,12-14,18H2,1H3,(H,35,36). The highest BCUT2D eigenvalue weighted by molar-refractivity contribution is 7.22. The fraction of sp³-hybridized carbons (Fsp3) is 0.345. The molecule has 0 bridgehead atoms. The second-order valence-electron chi connectivity index (χ2n) is 9.95. The number of carboxylic acids is 1. The van der Waals surface area contributed by atoms with Gasteiger partial charge in [-0.05, 0) is 61.6 Å². The van der Waals surface area contributed by atoms with Crippen LogP contribution in [0.25, 0.3) is 27.2 Å². The van der Waals surface area contributed by atoms with Gasteiger partial charge in [-0.15, -0.1) is 0 Å². The lowest BCUT2D eigenvalue weighted by molar-refractivity contribution is 0.0695. The molecule has 0 amide bonds. The quantitative estimate of drug-likeness (QED) is 0.359. The van der Waals surface area contributed by atoms with Gasteiger partial charge < -0.3 is 24.2 Å². The van der Waals surface area contributed by atoms with Gasteiger partial charge >= 0.3 is 5.97 Å². The second-order valence-corrected chi connectivity index (χ2v) is 11.0. The molecule has 0 saturated carbocycles. The Labute approximate surface area is 224 Å². The maximum Gasteiger partial charge on any atom is 0.341 e. The largest absolute Gasteiger partial charge is 0.477 e. The Morgan fingerprint density at radius 1 is 1.05 bits per heavy atom. The number of pyridine rings is 1. The minimum absolute atomic E-state index is 0.257. The molecule has 2 aromatic heterocycles. The van der Waals surface area contributed by atoms with Crippen LogP contribution in [0.15, 0.2) is 59.5 Å². The van der Waals surface area contributed by atoms with Crippen molar-refractivity contribution >= 4 is 38.3 Å². The number of aromatic nitrogens is 2. The normalized spacial score (nSPS) is 17.6. The van der Waals surface area contributed by atoms with E-state index in [1.54, 1.807) is 23.0 Å². The minimum Gasteiger partial charge on any atom is -0.477 e. The maximum atomic E-state index is 12.7. The number of benzene rings is 2. The van der Waals surface area contributed by atoms with E-state index in [0.29, 0.717) is 18.3 Å². The summed E-state index contributed by atoms with van der Waals surface area (Å²) in [6.07, 6.45) is 6.04. The molecule has 4 aromatic rings. The number of carbonyl (C=O) groups is 1. The van der Waals surface area contributed by atoms with Gasteiger partial charge in [0.2, 0.25) is 0 Å². The predicted octanol–water partition coefficient (Wildman–Crippen LogP) is 5.03. The van der Waals surface area contributed by atoms with Crippen molar-refractivity contribution < 1.29 is 14.6 Å². The van der Waals surface area contributed by atoms with E-state index in [0.717, 1.165) is 64.8 Å². The van der Waals surface area contributed by atoms with Crippen molar-refractivity contribution in [1.82, 2.24) is 9.55 Å². The fourth-order valence-corrected chi connectivity index (χ4v) is 6.67. The molecule has 0 radical (unpaired) electrons. The lowest BCUT2D eigenvalue weighted by Crippen LogP contribution is -2.32. The number of hydrogen-bond acceptors (Lipinski definition) is 7. The van der Waals surface area contributed by atoms with Gasteiger partial charge in [-0.25, -0.2) is 9.78 Å². The van der Waals surface area contributed by atoms with Crippen LogP contribution in [0.3, 0.4) is 0 Å². The molecule has 9 heteroatoms. The second kappa shape index (κ2) is 10.2. The van der Waals surface area contributed by atoms with Gasteiger partial charge in [0.1, 0.15) is 5.56 Å². The molecule has 1 atom stereocenters. The highest BCUT2D eigenvalue weighted by atomic mass is 32.1. The first-order chi connectivity index (χ1) is 18.5. The summed E-state index contributed by atoms with van der Waals surface area (Å²) in [5.74, 6) is -1.24. The summed E-state index contributed by atoms with van der Waals surface area (Å²) in [4.78, 5) is 34.1. The van der Waals surface area contributed by atoms with E-state index in [1.165, 1.54) is 25.1 Å². The number of rotatable bonds is 7. The average Bonchev–Trinajstić information content (AvgIpc) is 3.69. The molecule has 2 aromatic carbocycles. The first-order valence-corrected chi connectivity index (χ1v) is 13.9. The van der Waals surface area contributed by atoms with Crippen molar-refractivity contribution in [1.29, 1.82) is 0 Å². The van der Waals surface area contributed by atoms with E-state index < -0.39 is 11.4 Å². The van der Waals surface area contributed by atoms with Gasteiger partial charge in [-0.2, -0.15) is 0 Å². The lowest BCUT2D eigenvalue weighted by Gasteiger charge is -2.22. The van der Waals surface area contributed by atoms with Crippen molar-refractivity contribution in [3.8, 4) is 16.9 Å². The molecule has 0 spiro atoms. The summed E-state index contributed by atoms with van der Waals surface area (Å²) in [7, 11) is 1.73. The molecule has 2 saturated heterocycles. The van der Waals surface area contributed by atoms with Crippen LogP contribution >= 0.6 is 11.3 Å². The van der Waals surface area contributed by atoms with E-state index in [2.05, 4.69) is 21.9 Å². The Kier molecular flexibility index (Phi) is 6.63. The molecule has 0 aliphatic carbocycles. The van der Waals surface area contributed by atoms with Gasteiger partial charge in [-0.1, -0.05) is 23.5 Å². The zero-order valence-electron chi connectivity index (χ0n) is 21.3. The summed E-state index contributed by atoms with van der Waals surface area (Å²) in [5.41, 5.74) is 3.58. The third-order valence-corrected chi connectivity index (χ3v) is 8.59. The van der Waals surface area contributed by atoms with Gasteiger partial charge in [0.15, 0.2) is 10.6 Å². The molecule has 2 aliphatic heterocycles. The smallest absolute Gasteiger partial charge is 0.341 e. The van der Waals surface area contributed by atoms with Crippen LogP contribution in [0, 0.1) is 0 Å². The Balaban J connectivity index is 1.41. The fourth-order valence-electron chi connectivity index (χ4n) is 5.58. The van der Waals surface area contributed by atoms with Crippen molar-refractivity contribution in [2.45, 2.75) is 31.7 Å². The van der Waals surface area contributed by atoms with Crippen molar-refractivity contribution in [3.05, 3.63) is 70.5 Å². The molecular formula is C29H30N4O4S. The maximum absolute atomic E-state index is 12.7. The van der Waals surface area contributed by atoms with E-state index in [-0.39, 0.29) is 5.56 Å². The Morgan fingerprint density at radius 2 is 1.82 bits per heavy atom. The van der Waals surface area contributed by atoms with Crippen molar-refractivity contribution in [2.75, 3.05) is 43.2 Å². The van der Waals surface area contributed by atoms with Crippen LogP contribution < -0.4 is 15.2 Å². The van der Waals surface area contributed by atoms with Crippen LogP contribution in [0.5, 0.6) is 0 Å². The Hall–Kier alpha value is -3.69. The molecule has 2 aliphatic rings. The molecule has 4 heterocycles. The number of hydrogen-bond donors (Lipinski definition) is 1. The number of aromatic carboxylic acids is 1. The summed E-state index contributed by atoms with van der Waals surface area (Å²) >= 11 is 1.63. The molecular weight excluding hydrogens is 500 g/mol. The number of anilines is 2. The van der Waals surface area contributed by atoms with Crippen LogP contribution in [0.4, 0.5) is 10.8 Å². The van der Waals surface area contributed by atoms with Crippen LogP contribution in [-0.4, -0.2) is 60.0 Å². The summed E-state index contributed by atoms with van der Waals surface area (Å²) in [6, 6.07) is 15.8. The highest BCUT2D eigenvalue weighted by Gasteiger charge is 2.27. The average molecular weight is 531 g/mol. The number of ether oxygens (including phenoxy) is 1. The van der Waals surface area contributed by atoms with Crippen molar-refractivity contribution in [3.63, 3.8) is 0 Å². The first-order valence-electron chi connectivity index (χ1n) is 13.0. The molecule has 196 valence electrons. The number of nitrogens with zero attached hydrogens (tertiary/aromatic N) is 4. The Bertz CT molecular complexity index is 1540. The lowest BCUT2D eigenvalue weighted by atomic mass is 10.1. The van der Waals surface area contributed by atoms with Gasteiger partial charge in [0, 0.05) is 50.4 Å². The zero-order valence-corrected chi connectivity index (χ0v) is 22.1. The third-order valence-electron chi connectivity index (χ3n) is 7.54. The Morgan fingerprint density at radius 3 is 2.55 bits per heavy atom. The zero-order chi connectivity index (χ0) is 26.2. The number of thiazole rings is 1. The topological polar surface area (TPSA) is 87.9 Å². The summed E-state index contributed by atoms with van der Waals surface area (Å²) < 4.78 is 8.23. The van der Waals surface area contributed by atoms with Crippen LogP contribution in [0.1, 0.15) is 36.0 Å². The predicted molar refractivity (Wildman–Crippen MR) is 151 cm³/mol. The summed E-state index contributed by atoms with van der Waals surface area (Å²) in [5, 5.41) is 10.7. The monoisotopic (exact) mass is 530 g/mol. The van der Waals surface area contributed by atoms with Gasteiger partial charge in [0.05, 0.1) is 28.6 Å². The molecule has 6 rings (SSSR count). The highest BCUT2D eigenvalue weighted by Crippen LogP contribution is 2.35. The third kappa shape index (κ3) is 4.56. The van der Waals surface area contributed by atoms with E-state index in [9.17, 15) is 14.7 Å². The number of fused-ring (bicyclic) bond motifs is 1.